The van der Waals surface area contributed by atoms with E-state index >= 15 is 8.78 Å². The van der Waals surface area contributed by atoms with Crippen molar-refractivity contribution in [3.63, 3.8) is 0 Å². The van der Waals surface area contributed by atoms with Gasteiger partial charge < -0.3 is 24.2 Å². The molecule has 31 heavy (non-hydrogen) atoms. The Kier molecular flexibility index (Phi) is 4.51. The van der Waals surface area contributed by atoms with Crippen LogP contribution in [0, 0.1) is 11.6 Å². The lowest BCUT2D eigenvalue weighted by Crippen LogP contribution is -2.28. The molecule has 5 rings (SSSR count). The van der Waals surface area contributed by atoms with Crippen molar-refractivity contribution < 1.29 is 27.8 Å². The highest BCUT2D eigenvalue weighted by atomic mass is 19.1. The van der Waals surface area contributed by atoms with E-state index in [0.29, 0.717) is 13.1 Å². The van der Waals surface area contributed by atoms with E-state index in [-0.39, 0.29) is 23.0 Å². The maximum Gasteiger partial charge on any atom is 0.511 e. The van der Waals surface area contributed by atoms with Crippen molar-refractivity contribution in [3.05, 3.63) is 45.3 Å². The molecule has 1 saturated carbocycles. The second-order valence-corrected chi connectivity index (χ2v) is 8.38. The summed E-state index contributed by atoms with van der Waals surface area (Å²) in [6.07, 6.45) is -1.11. The standard InChI is InChI=1S/C21H20F3N3O4/c1-25-3-2-10-7-26(8-11(10)6-25)19-14(23)4-12-18(17(19)24)27(15-5-13(15)22)9-16(20(12)28)31-21(29)30/h4,9,13,15H,2-3,5-8H2,1H3,(H,29,30)/t13-,15+/m0/s1. The molecule has 1 aliphatic carbocycles. The summed E-state index contributed by atoms with van der Waals surface area (Å²) in [6.45, 7) is 2.37. The van der Waals surface area contributed by atoms with E-state index in [2.05, 4.69) is 9.64 Å². The molecule has 1 N–H and O–H groups in total. The number of alkyl halides is 1. The van der Waals surface area contributed by atoms with Crippen LogP contribution in [0.2, 0.25) is 0 Å². The normalized spacial score (nSPS) is 23.4. The molecule has 0 amide bonds. The van der Waals surface area contributed by atoms with Crippen molar-refractivity contribution in [2.24, 2.45) is 0 Å². The van der Waals surface area contributed by atoms with Gasteiger partial charge in [0.15, 0.2) is 11.6 Å². The van der Waals surface area contributed by atoms with Gasteiger partial charge in [0.1, 0.15) is 17.7 Å². The van der Waals surface area contributed by atoms with Gasteiger partial charge in [-0.25, -0.2) is 18.0 Å². The topological polar surface area (TPSA) is 75.0 Å². The number of hydrogen-bond acceptors (Lipinski definition) is 5. The fourth-order valence-corrected chi connectivity index (χ4v) is 4.61. The maximum atomic E-state index is 15.7. The maximum absolute atomic E-state index is 15.7. The van der Waals surface area contributed by atoms with Gasteiger partial charge >= 0.3 is 6.16 Å². The number of carboxylic acid groups (broad SMARTS) is 1. The molecular formula is C21H20F3N3O4. The zero-order valence-electron chi connectivity index (χ0n) is 16.7. The van der Waals surface area contributed by atoms with Gasteiger partial charge in [0.2, 0.25) is 5.43 Å². The lowest BCUT2D eigenvalue weighted by Gasteiger charge is -2.23. The number of carbonyl (C=O) groups is 1. The first-order valence-electron chi connectivity index (χ1n) is 9.99. The van der Waals surface area contributed by atoms with Gasteiger partial charge in [-0.05, 0) is 30.7 Å². The van der Waals surface area contributed by atoms with Gasteiger partial charge in [0.25, 0.3) is 0 Å². The first-order chi connectivity index (χ1) is 14.7. The number of fused-ring (bicyclic) bond motifs is 1. The van der Waals surface area contributed by atoms with Crippen LogP contribution in [-0.4, -0.2) is 60.1 Å². The highest BCUT2D eigenvalue weighted by Crippen LogP contribution is 2.43. The Morgan fingerprint density at radius 3 is 2.61 bits per heavy atom. The van der Waals surface area contributed by atoms with Crippen LogP contribution in [0.4, 0.5) is 23.7 Å². The van der Waals surface area contributed by atoms with Crippen molar-refractivity contribution in [1.82, 2.24) is 9.47 Å². The molecule has 1 fully saturated rings. The van der Waals surface area contributed by atoms with Crippen LogP contribution in [0.15, 0.2) is 28.2 Å². The van der Waals surface area contributed by atoms with Gasteiger partial charge in [0.05, 0.1) is 23.1 Å². The SMILES string of the molecule is CN1CCC2=C(C1)CN(c1c(F)cc3c(=O)c(OC(=O)O)cn([C@@H]4C[C@@H]4F)c3c1F)C2. The van der Waals surface area contributed by atoms with Crippen molar-refractivity contribution in [2.75, 3.05) is 38.1 Å². The smallest absolute Gasteiger partial charge is 0.449 e. The Morgan fingerprint density at radius 1 is 1.23 bits per heavy atom. The van der Waals surface area contributed by atoms with Gasteiger partial charge in [-0.15, -0.1) is 0 Å². The van der Waals surface area contributed by atoms with Crippen LogP contribution >= 0.6 is 0 Å². The highest BCUT2D eigenvalue weighted by Gasteiger charge is 2.41. The lowest BCUT2D eigenvalue weighted by molar-refractivity contribution is 0.143. The molecule has 0 radical (unpaired) electrons. The molecule has 10 heteroatoms. The minimum Gasteiger partial charge on any atom is -0.449 e. The van der Waals surface area contributed by atoms with E-state index < -0.39 is 41.2 Å². The molecule has 0 spiro atoms. The number of likely N-dealkylation sites (N-methyl/N-ethyl adjacent to an activating group) is 1. The van der Waals surface area contributed by atoms with Crippen molar-refractivity contribution >= 4 is 22.7 Å². The third-order valence-corrected chi connectivity index (χ3v) is 6.22. The molecule has 3 heterocycles. The first-order valence-corrected chi connectivity index (χ1v) is 9.99. The van der Waals surface area contributed by atoms with E-state index in [0.717, 1.165) is 47.5 Å². The van der Waals surface area contributed by atoms with Crippen molar-refractivity contribution in [2.45, 2.75) is 25.1 Å². The Balaban J connectivity index is 1.65. The average Bonchev–Trinajstić information content (AvgIpc) is 3.27. The summed E-state index contributed by atoms with van der Waals surface area (Å²) in [5.74, 6) is -2.50. The molecule has 1 aromatic carbocycles. The van der Waals surface area contributed by atoms with Crippen LogP contribution in [0.3, 0.4) is 0 Å². The number of halogens is 3. The summed E-state index contributed by atoms with van der Waals surface area (Å²) < 4.78 is 50.3. The van der Waals surface area contributed by atoms with Crippen molar-refractivity contribution in [1.29, 1.82) is 0 Å². The van der Waals surface area contributed by atoms with Crippen molar-refractivity contribution in [3.8, 4) is 5.75 Å². The number of pyridine rings is 1. The largest absolute Gasteiger partial charge is 0.511 e. The molecule has 0 unspecified atom stereocenters. The summed E-state index contributed by atoms with van der Waals surface area (Å²) >= 11 is 0. The number of nitrogens with zero attached hydrogens (tertiary/aromatic N) is 3. The Bertz CT molecular complexity index is 1210. The number of aromatic nitrogens is 1. The molecule has 164 valence electrons. The molecule has 0 bridgehead atoms. The van der Waals surface area contributed by atoms with E-state index in [1.165, 1.54) is 0 Å². The molecule has 0 saturated heterocycles. The molecule has 2 aliphatic heterocycles. The van der Waals surface area contributed by atoms with E-state index in [4.69, 9.17) is 5.11 Å². The van der Waals surface area contributed by atoms with Gasteiger partial charge in [-0.3, -0.25) is 4.79 Å². The van der Waals surface area contributed by atoms with E-state index in [1.54, 1.807) is 4.90 Å². The van der Waals surface area contributed by atoms with E-state index in [1.807, 2.05) is 7.05 Å². The minimum atomic E-state index is -1.74. The zero-order valence-corrected chi connectivity index (χ0v) is 16.7. The summed E-state index contributed by atoms with van der Waals surface area (Å²) in [5, 5.41) is 8.49. The first kappa shape index (κ1) is 19.9. The zero-order chi connectivity index (χ0) is 22.0. The van der Waals surface area contributed by atoms with Crippen LogP contribution in [0.25, 0.3) is 10.9 Å². The quantitative estimate of drug-likeness (QED) is 0.590. The number of hydrogen-bond donors (Lipinski definition) is 1. The summed E-state index contributed by atoms with van der Waals surface area (Å²) in [4.78, 5) is 27.3. The van der Waals surface area contributed by atoms with Gasteiger partial charge in [-0.2, -0.15) is 0 Å². The lowest BCUT2D eigenvalue weighted by atomic mass is 10.0. The number of benzene rings is 1. The summed E-state index contributed by atoms with van der Waals surface area (Å²) in [6, 6.07) is 0.117. The molecule has 2 aromatic rings. The number of ether oxygens (including phenoxy) is 1. The van der Waals surface area contributed by atoms with Crippen LogP contribution in [0.1, 0.15) is 18.9 Å². The second kappa shape index (κ2) is 7.01. The van der Waals surface area contributed by atoms with Gasteiger partial charge in [0, 0.05) is 32.6 Å². The Morgan fingerprint density at radius 2 is 1.94 bits per heavy atom. The van der Waals surface area contributed by atoms with Crippen LogP contribution in [-0.2, 0) is 0 Å². The fourth-order valence-electron chi connectivity index (χ4n) is 4.61. The van der Waals surface area contributed by atoms with Crippen LogP contribution < -0.4 is 15.1 Å². The average molecular weight is 435 g/mol. The third kappa shape index (κ3) is 3.25. The molecule has 1 aromatic heterocycles. The Labute approximate surface area is 174 Å². The number of anilines is 1. The molecule has 7 nitrogen and oxygen atoms in total. The minimum absolute atomic E-state index is 0.0858. The number of rotatable bonds is 3. The fraction of sp³-hybridized carbons (Fsp3) is 0.429. The summed E-state index contributed by atoms with van der Waals surface area (Å²) in [5.41, 5.74) is 0.813. The highest BCUT2D eigenvalue weighted by molar-refractivity contribution is 5.86. The van der Waals surface area contributed by atoms with Gasteiger partial charge in [-0.1, -0.05) is 0 Å². The Hall–Kier alpha value is -3.01. The predicted octanol–water partition coefficient (Wildman–Crippen LogP) is 3.07. The van der Waals surface area contributed by atoms with Crippen LogP contribution in [0.5, 0.6) is 5.75 Å². The molecule has 3 aliphatic rings. The molecular weight excluding hydrogens is 415 g/mol. The predicted molar refractivity (Wildman–Crippen MR) is 107 cm³/mol. The third-order valence-electron chi connectivity index (χ3n) is 6.22. The second-order valence-electron chi connectivity index (χ2n) is 8.38. The summed E-state index contributed by atoms with van der Waals surface area (Å²) in [7, 11) is 1.99. The monoisotopic (exact) mass is 435 g/mol. The molecule has 2 atom stereocenters. The van der Waals surface area contributed by atoms with E-state index in [9.17, 15) is 14.0 Å².